The number of nitrogens with two attached hydrogens (primary N) is 1. The summed E-state index contributed by atoms with van der Waals surface area (Å²) in [6, 6.07) is 3.23. The van der Waals surface area contributed by atoms with E-state index in [4.69, 9.17) is 19.9 Å². The number of rotatable bonds is 3. The van der Waals surface area contributed by atoms with E-state index in [0.717, 1.165) is 0 Å². The molecule has 0 aromatic heterocycles. The lowest BCUT2D eigenvalue weighted by atomic mass is 10.1. The Morgan fingerprint density at radius 2 is 1.90 bits per heavy atom. The third kappa shape index (κ3) is 3.21. The second kappa shape index (κ2) is 5.81. The highest BCUT2D eigenvalue weighted by Gasteiger charge is 2.31. The molecule has 1 fully saturated rings. The summed E-state index contributed by atoms with van der Waals surface area (Å²) in [6.07, 6.45) is 0. The van der Waals surface area contributed by atoms with Crippen LogP contribution in [0.4, 0.5) is 5.69 Å². The van der Waals surface area contributed by atoms with Gasteiger partial charge < -0.3 is 24.8 Å². The van der Waals surface area contributed by atoms with Crippen molar-refractivity contribution in [2.75, 3.05) is 39.6 Å². The number of morpholine rings is 1. The number of amides is 1. The van der Waals surface area contributed by atoms with Crippen molar-refractivity contribution in [3.63, 3.8) is 0 Å². The zero-order chi connectivity index (χ0) is 15.6. The summed E-state index contributed by atoms with van der Waals surface area (Å²) >= 11 is 0. The van der Waals surface area contributed by atoms with Crippen molar-refractivity contribution in [2.45, 2.75) is 19.4 Å². The number of ether oxygens (including phenoxy) is 3. The third-order valence-electron chi connectivity index (χ3n) is 3.50. The molecule has 1 amide bonds. The molecule has 1 saturated heterocycles. The fourth-order valence-electron chi connectivity index (χ4n) is 2.44. The van der Waals surface area contributed by atoms with E-state index in [1.54, 1.807) is 17.0 Å². The van der Waals surface area contributed by atoms with Crippen molar-refractivity contribution >= 4 is 11.6 Å². The highest BCUT2D eigenvalue weighted by Crippen LogP contribution is 2.33. The van der Waals surface area contributed by atoms with Crippen LogP contribution in [0.5, 0.6) is 11.5 Å². The maximum absolute atomic E-state index is 12.7. The van der Waals surface area contributed by atoms with Crippen LogP contribution in [0, 0.1) is 0 Å². The number of hydrogen-bond acceptors (Lipinski definition) is 5. The van der Waals surface area contributed by atoms with Gasteiger partial charge in [0.1, 0.15) is 0 Å². The van der Waals surface area contributed by atoms with E-state index in [9.17, 15) is 4.79 Å². The van der Waals surface area contributed by atoms with Gasteiger partial charge in [-0.1, -0.05) is 0 Å². The molecule has 0 radical (unpaired) electrons. The lowest BCUT2D eigenvalue weighted by Crippen LogP contribution is -2.50. The molecule has 0 aliphatic carbocycles. The summed E-state index contributed by atoms with van der Waals surface area (Å²) in [5, 5.41) is 0. The van der Waals surface area contributed by atoms with Gasteiger partial charge in [0.25, 0.3) is 5.91 Å². The van der Waals surface area contributed by atoms with Gasteiger partial charge in [-0.2, -0.15) is 0 Å². The van der Waals surface area contributed by atoms with Gasteiger partial charge in [-0.15, -0.1) is 0 Å². The Morgan fingerprint density at radius 1 is 1.29 bits per heavy atom. The molecule has 1 aliphatic heterocycles. The Morgan fingerprint density at radius 3 is 2.48 bits per heavy atom. The number of carbonyl (C=O) groups excluding carboxylic acids is 1. The number of anilines is 1. The van der Waals surface area contributed by atoms with Crippen LogP contribution in [0.1, 0.15) is 24.2 Å². The van der Waals surface area contributed by atoms with Crippen LogP contribution in [0.2, 0.25) is 0 Å². The van der Waals surface area contributed by atoms with Crippen molar-refractivity contribution in [2.24, 2.45) is 0 Å². The van der Waals surface area contributed by atoms with Crippen LogP contribution in [0.15, 0.2) is 12.1 Å². The summed E-state index contributed by atoms with van der Waals surface area (Å²) in [6.45, 7) is 5.52. The molecule has 0 spiro atoms. The van der Waals surface area contributed by atoms with Gasteiger partial charge >= 0.3 is 0 Å². The van der Waals surface area contributed by atoms with E-state index in [2.05, 4.69) is 0 Å². The molecule has 6 nitrogen and oxygen atoms in total. The zero-order valence-corrected chi connectivity index (χ0v) is 12.9. The Kier molecular flexibility index (Phi) is 4.27. The monoisotopic (exact) mass is 294 g/mol. The molecule has 0 saturated carbocycles. The molecule has 0 unspecified atom stereocenters. The van der Waals surface area contributed by atoms with Crippen LogP contribution in [0.3, 0.4) is 0 Å². The summed E-state index contributed by atoms with van der Waals surface area (Å²) in [5.41, 5.74) is 6.43. The standard InChI is InChI=1S/C15H22N2O4/c1-15(2)9-17(5-6-21-15)14(18)10-7-12(19-3)13(20-4)8-11(10)16/h7-8H,5-6,9,16H2,1-4H3. The average Bonchev–Trinajstić information content (AvgIpc) is 2.45. The molecular formula is C15H22N2O4. The second-order valence-corrected chi connectivity index (χ2v) is 5.63. The number of carbonyl (C=O) groups is 1. The highest BCUT2D eigenvalue weighted by atomic mass is 16.5. The van der Waals surface area contributed by atoms with E-state index in [1.807, 2.05) is 13.8 Å². The van der Waals surface area contributed by atoms with Gasteiger partial charge in [0.15, 0.2) is 11.5 Å². The smallest absolute Gasteiger partial charge is 0.256 e. The van der Waals surface area contributed by atoms with Gasteiger partial charge in [-0.25, -0.2) is 0 Å². The van der Waals surface area contributed by atoms with Crippen LogP contribution >= 0.6 is 0 Å². The second-order valence-electron chi connectivity index (χ2n) is 5.63. The maximum Gasteiger partial charge on any atom is 0.256 e. The van der Waals surface area contributed by atoms with Gasteiger partial charge in [-0.05, 0) is 19.9 Å². The first-order valence-corrected chi connectivity index (χ1v) is 6.82. The predicted octanol–water partition coefficient (Wildman–Crippen LogP) is 1.54. The van der Waals surface area contributed by atoms with Crippen molar-refractivity contribution in [1.29, 1.82) is 0 Å². The molecule has 1 aromatic carbocycles. The first kappa shape index (κ1) is 15.4. The molecule has 1 aliphatic rings. The van der Waals surface area contributed by atoms with Gasteiger partial charge in [0.2, 0.25) is 0 Å². The Labute approximate surface area is 124 Å². The van der Waals surface area contributed by atoms with Crippen LogP contribution in [-0.2, 0) is 4.74 Å². The Hall–Kier alpha value is -1.95. The summed E-state index contributed by atoms with van der Waals surface area (Å²) in [7, 11) is 3.06. The van der Waals surface area contributed by atoms with E-state index in [1.165, 1.54) is 14.2 Å². The molecule has 0 atom stereocenters. The van der Waals surface area contributed by atoms with Crippen molar-refractivity contribution in [3.8, 4) is 11.5 Å². The zero-order valence-electron chi connectivity index (χ0n) is 12.9. The van der Waals surface area contributed by atoms with Crippen LogP contribution in [0.25, 0.3) is 0 Å². The molecule has 2 rings (SSSR count). The molecule has 116 valence electrons. The number of hydrogen-bond donors (Lipinski definition) is 1. The minimum Gasteiger partial charge on any atom is -0.493 e. The van der Waals surface area contributed by atoms with E-state index < -0.39 is 0 Å². The SMILES string of the molecule is COc1cc(N)c(C(=O)N2CCOC(C)(C)C2)cc1OC. The van der Waals surface area contributed by atoms with Crippen molar-refractivity contribution in [3.05, 3.63) is 17.7 Å². The number of methoxy groups -OCH3 is 2. The average molecular weight is 294 g/mol. The van der Waals surface area contributed by atoms with Crippen molar-refractivity contribution in [1.82, 2.24) is 4.90 Å². The van der Waals surface area contributed by atoms with E-state index in [-0.39, 0.29) is 11.5 Å². The molecule has 21 heavy (non-hydrogen) atoms. The van der Waals surface area contributed by atoms with Crippen LogP contribution < -0.4 is 15.2 Å². The van der Waals surface area contributed by atoms with Gasteiger partial charge in [0.05, 0.1) is 32.0 Å². The maximum atomic E-state index is 12.7. The third-order valence-corrected chi connectivity index (χ3v) is 3.50. The summed E-state index contributed by atoms with van der Waals surface area (Å²) in [4.78, 5) is 14.4. The number of benzene rings is 1. The molecule has 2 N–H and O–H groups in total. The largest absolute Gasteiger partial charge is 0.493 e. The number of nitrogens with zero attached hydrogens (tertiary/aromatic N) is 1. The minimum absolute atomic E-state index is 0.121. The fraction of sp³-hybridized carbons (Fsp3) is 0.533. The predicted molar refractivity (Wildman–Crippen MR) is 79.9 cm³/mol. The van der Waals surface area contributed by atoms with Gasteiger partial charge in [0, 0.05) is 24.8 Å². The lowest BCUT2D eigenvalue weighted by molar-refractivity contribution is -0.0763. The normalized spacial score (nSPS) is 17.4. The first-order chi connectivity index (χ1) is 9.88. The molecular weight excluding hydrogens is 272 g/mol. The fourth-order valence-corrected chi connectivity index (χ4v) is 2.44. The van der Waals surface area contributed by atoms with E-state index >= 15 is 0 Å². The summed E-state index contributed by atoms with van der Waals surface area (Å²) < 4.78 is 16.0. The molecule has 1 aromatic rings. The highest BCUT2D eigenvalue weighted by molar-refractivity contribution is 6.00. The molecule has 6 heteroatoms. The van der Waals surface area contributed by atoms with Crippen LogP contribution in [-0.4, -0.2) is 50.3 Å². The van der Waals surface area contributed by atoms with E-state index in [0.29, 0.717) is 42.4 Å². The van der Waals surface area contributed by atoms with Gasteiger partial charge in [-0.3, -0.25) is 4.79 Å². The quantitative estimate of drug-likeness (QED) is 0.856. The first-order valence-electron chi connectivity index (χ1n) is 6.82. The number of nitrogen functional groups attached to an aromatic ring is 1. The molecule has 1 heterocycles. The lowest BCUT2D eigenvalue weighted by Gasteiger charge is -2.38. The topological polar surface area (TPSA) is 74.0 Å². The molecule has 0 bridgehead atoms. The Bertz CT molecular complexity index is 543. The summed E-state index contributed by atoms with van der Waals surface area (Å²) in [5.74, 6) is 0.876. The Balaban J connectivity index is 2.30. The van der Waals surface area contributed by atoms with Crippen molar-refractivity contribution < 1.29 is 19.0 Å². The minimum atomic E-state index is -0.348.